The standard InChI is InChI=1S/C23H20FN7O2S/c1-12-16(13(2)31-21(27-12)17(11-26-31)20(25)33)7-8-18(32)28-22-19(14-3-5-15(24)6-4-14)29-23-30(22)9-10-34-23/h3-6,9-11H,7-8H2,1-2H3,(H2,25,33)(H,28,32). The lowest BCUT2D eigenvalue weighted by atomic mass is 10.1. The molecule has 4 heterocycles. The number of imidazole rings is 1. The van der Waals surface area contributed by atoms with Crippen LogP contribution in [0.3, 0.4) is 0 Å². The number of amides is 2. The number of nitrogens with one attached hydrogen (secondary N) is 1. The summed E-state index contributed by atoms with van der Waals surface area (Å²) >= 11 is 1.44. The smallest absolute Gasteiger partial charge is 0.254 e. The Labute approximate surface area is 197 Å². The first-order chi connectivity index (χ1) is 16.3. The second-order valence-electron chi connectivity index (χ2n) is 7.84. The number of fused-ring (bicyclic) bond motifs is 2. The van der Waals surface area contributed by atoms with Crippen LogP contribution in [0.25, 0.3) is 21.9 Å². The van der Waals surface area contributed by atoms with Crippen molar-refractivity contribution in [2.45, 2.75) is 26.7 Å². The number of thiazole rings is 1. The van der Waals surface area contributed by atoms with Gasteiger partial charge in [-0.2, -0.15) is 5.10 Å². The molecule has 5 rings (SSSR count). The molecule has 0 aliphatic heterocycles. The number of primary amides is 1. The van der Waals surface area contributed by atoms with E-state index in [9.17, 15) is 14.0 Å². The van der Waals surface area contributed by atoms with Crippen molar-refractivity contribution in [2.24, 2.45) is 5.73 Å². The fraction of sp³-hybridized carbons (Fsp3) is 0.174. The van der Waals surface area contributed by atoms with Gasteiger partial charge >= 0.3 is 0 Å². The Morgan fingerprint density at radius 1 is 1.18 bits per heavy atom. The van der Waals surface area contributed by atoms with Crippen LogP contribution >= 0.6 is 11.3 Å². The normalized spacial score (nSPS) is 11.4. The second-order valence-corrected chi connectivity index (χ2v) is 8.71. The van der Waals surface area contributed by atoms with Gasteiger partial charge in [-0.3, -0.25) is 14.0 Å². The van der Waals surface area contributed by atoms with Crippen molar-refractivity contribution < 1.29 is 14.0 Å². The highest BCUT2D eigenvalue weighted by molar-refractivity contribution is 7.15. The maximum Gasteiger partial charge on any atom is 0.254 e. The summed E-state index contributed by atoms with van der Waals surface area (Å²) in [6.07, 6.45) is 3.85. The molecule has 0 atom stereocenters. The van der Waals surface area contributed by atoms with E-state index in [1.54, 1.807) is 21.0 Å². The van der Waals surface area contributed by atoms with E-state index in [0.717, 1.165) is 16.2 Å². The van der Waals surface area contributed by atoms with E-state index in [1.165, 1.54) is 29.7 Å². The Hall–Kier alpha value is -4.12. The molecule has 0 saturated carbocycles. The summed E-state index contributed by atoms with van der Waals surface area (Å²) in [5.74, 6) is -0.598. The van der Waals surface area contributed by atoms with Crippen LogP contribution in [-0.4, -0.2) is 35.8 Å². The molecule has 34 heavy (non-hydrogen) atoms. The molecule has 0 unspecified atom stereocenters. The molecule has 0 fully saturated rings. The number of hydrogen-bond donors (Lipinski definition) is 2. The number of halogens is 1. The molecule has 0 aliphatic rings. The molecule has 5 aromatic rings. The first-order valence-electron chi connectivity index (χ1n) is 10.5. The van der Waals surface area contributed by atoms with E-state index >= 15 is 0 Å². The van der Waals surface area contributed by atoms with Gasteiger partial charge in [-0.1, -0.05) is 0 Å². The van der Waals surface area contributed by atoms with Gasteiger partial charge in [0, 0.05) is 34.9 Å². The van der Waals surface area contributed by atoms with Gasteiger partial charge in [-0.05, 0) is 50.1 Å². The van der Waals surface area contributed by atoms with Crippen molar-refractivity contribution in [3.8, 4) is 11.3 Å². The quantitative estimate of drug-likeness (QED) is 0.388. The molecule has 4 aromatic heterocycles. The van der Waals surface area contributed by atoms with Crippen molar-refractivity contribution in [1.82, 2.24) is 24.0 Å². The zero-order chi connectivity index (χ0) is 24.0. The fourth-order valence-electron chi connectivity index (χ4n) is 3.99. The van der Waals surface area contributed by atoms with Crippen LogP contribution in [0.4, 0.5) is 10.2 Å². The first-order valence-corrected chi connectivity index (χ1v) is 11.4. The maximum absolute atomic E-state index is 13.4. The van der Waals surface area contributed by atoms with Gasteiger partial charge in [-0.25, -0.2) is 18.9 Å². The summed E-state index contributed by atoms with van der Waals surface area (Å²) in [4.78, 5) is 34.4. The molecule has 0 aliphatic carbocycles. The van der Waals surface area contributed by atoms with E-state index in [1.807, 2.05) is 25.4 Å². The predicted molar refractivity (Wildman–Crippen MR) is 126 cm³/mol. The lowest BCUT2D eigenvalue weighted by Crippen LogP contribution is -2.16. The molecule has 0 saturated heterocycles. The van der Waals surface area contributed by atoms with E-state index in [4.69, 9.17) is 5.73 Å². The lowest BCUT2D eigenvalue weighted by molar-refractivity contribution is -0.116. The third-order valence-corrected chi connectivity index (χ3v) is 6.47. The number of rotatable bonds is 6. The molecule has 0 bridgehead atoms. The Morgan fingerprint density at radius 3 is 2.68 bits per heavy atom. The van der Waals surface area contributed by atoms with Gasteiger partial charge < -0.3 is 11.1 Å². The highest BCUT2D eigenvalue weighted by Crippen LogP contribution is 2.31. The number of carbonyl (C=O) groups excluding carboxylic acids is 2. The van der Waals surface area contributed by atoms with E-state index in [0.29, 0.717) is 34.8 Å². The van der Waals surface area contributed by atoms with Gasteiger partial charge in [0.25, 0.3) is 5.91 Å². The average molecular weight is 478 g/mol. The Morgan fingerprint density at radius 2 is 1.94 bits per heavy atom. The molecule has 172 valence electrons. The van der Waals surface area contributed by atoms with Gasteiger partial charge in [-0.15, -0.1) is 11.3 Å². The molecular weight excluding hydrogens is 457 g/mol. The van der Waals surface area contributed by atoms with Crippen LogP contribution in [-0.2, 0) is 11.2 Å². The molecule has 0 radical (unpaired) electrons. The topological polar surface area (TPSA) is 120 Å². The van der Waals surface area contributed by atoms with Gasteiger partial charge in [0.1, 0.15) is 22.9 Å². The number of nitrogens with zero attached hydrogens (tertiary/aromatic N) is 5. The van der Waals surface area contributed by atoms with Crippen molar-refractivity contribution >= 4 is 39.6 Å². The van der Waals surface area contributed by atoms with Crippen LogP contribution in [0.15, 0.2) is 42.0 Å². The summed E-state index contributed by atoms with van der Waals surface area (Å²) in [6, 6.07) is 5.99. The van der Waals surface area contributed by atoms with Crippen molar-refractivity contribution in [3.05, 3.63) is 70.4 Å². The highest BCUT2D eigenvalue weighted by atomic mass is 32.1. The van der Waals surface area contributed by atoms with E-state index in [-0.39, 0.29) is 23.7 Å². The molecule has 9 nitrogen and oxygen atoms in total. The third kappa shape index (κ3) is 3.69. The van der Waals surface area contributed by atoms with Crippen LogP contribution in [0, 0.1) is 19.7 Å². The number of anilines is 1. The molecule has 1 aromatic carbocycles. The largest absolute Gasteiger partial charge is 0.365 e. The predicted octanol–water partition coefficient (Wildman–Crippen LogP) is 3.53. The fourth-order valence-corrected chi connectivity index (χ4v) is 4.71. The summed E-state index contributed by atoms with van der Waals surface area (Å²) in [5, 5.41) is 9.07. The lowest BCUT2D eigenvalue weighted by Gasteiger charge is -2.12. The maximum atomic E-state index is 13.4. The number of aryl methyl sites for hydroxylation is 2. The van der Waals surface area contributed by atoms with Gasteiger partial charge in [0.15, 0.2) is 10.6 Å². The Kier molecular flexibility index (Phi) is 5.33. The molecule has 2 amide bonds. The van der Waals surface area contributed by atoms with Crippen molar-refractivity contribution in [1.29, 1.82) is 0 Å². The van der Waals surface area contributed by atoms with Crippen LogP contribution in [0.2, 0.25) is 0 Å². The molecule has 0 spiro atoms. The zero-order valence-electron chi connectivity index (χ0n) is 18.4. The van der Waals surface area contributed by atoms with E-state index < -0.39 is 5.91 Å². The number of hydrogen-bond acceptors (Lipinski definition) is 6. The zero-order valence-corrected chi connectivity index (χ0v) is 19.2. The number of aromatic nitrogens is 5. The molecular formula is C23H20FN7O2S. The summed E-state index contributed by atoms with van der Waals surface area (Å²) in [5.41, 5.74) is 9.71. The van der Waals surface area contributed by atoms with Crippen molar-refractivity contribution in [3.63, 3.8) is 0 Å². The average Bonchev–Trinajstić information content (AvgIpc) is 3.50. The monoisotopic (exact) mass is 477 g/mol. The SMILES string of the molecule is Cc1nc2c(C(N)=O)cnn2c(C)c1CCC(=O)Nc1c(-c2ccc(F)cc2)nc2sccn12. The number of nitrogens with two attached hydrogens (primary N) is 1. The number of carbonyl (C=O) groups is 2. The second kappa shape index (κ2) is 8.34. The highest BCUT2D eigenvalue weighted by Gasteiger charge is 2.20. The Bertz CT molecular complexity index is 1570. The third-order valence-electron chi connectivity index (χ3n) is 5.71. The van der Waals surface area contributed by atoms with Gasteiger partial charge in [0.05, 0.1) is 6.20 Å². The summed E-state index contributed by atoms with van der Waals surface area (Å²) in [6.45, 7) is 3.70. The molecule has 3 N–H and O–H groups in total. The minimum absolute atomic E-state index is 0.193. The minimum atomic E-state index is -0.592. The van der Waals surface area contributed by atoms with Crippen LogP contribution in [0.1, 0.15) is 33.7 Å². The van der Waals surface area contributed by atoms with Crippen LogP contribution in [0.5, 0.6) is 0 Å². The summed E-state index contributed by atoms with van der Waals surface area (Å²) < 4.78 is 16.8. The number of benzene rings is 1. The minimum Gasteiger partial charge on any atom is -0.365 e. The Balaban J connectivity index is 1.40. The molecule has 11 heteroatoms. The van der Waals surface area contributed by atoms with Gasteiger partial charge in [0.2, 0.25) is 5.91 Å². The van der Waals surface area contributed by atoms with E-state index in [2.05, 4.69) is 20.4 Å². The summed E-state index contributed by atoms with van der Waals surface area (Å²) in [7, 11) is 0. The first kappa shape index (κ1) is 21.7. The van der Waals surface area contributed by atoms with Crippen LogP contribution < -0.4 is 11.1 Å². The van der Waals surface area contributed by atoms with Crippen molar-refractivity contribution in [2.75, 3.05) is 5.32 Å².